The lowest BCUT2D eigenvalue weighted by Crippen LogP contribution is -2.50. The third-order valence-electron chi connectivity index (χ3n) is 3.35. The van der Waals surface area contributed by atoms with Crippen LogP contribution in [-0.2, 0) is 0 Å². The summed E-state index contributed by atoms with van der Waals surface area (Å²) in [5.41, 5.74) is 6.00. The summed E-state index contributed by atoms with van der Waals surface area (Å²) in [6.07, 6.45) is 5.53. The van der Waals surface area contributed by atoms with Crippen molar-refractivity contribution in [2.24, 2.45) is 11.7 Å². The van der Waals surface area contributed by atoms with E-state index in [1.807, 2.05) is 0 Å². The number of nitrogens with two attached hydrogens (primary N) is 1. The van der Waals surface area contributed by atoms with E-state index in [0.29, 0.717) is 0 Å². The molecule has 0 saturated heterocycles. The fraction of sp³-hybridized carbons (Fsp3) is 1.00. The zero-order valence-corrected chi connectivity index (χ0v) is 10.1. The molecule has 0 aromatic carbocycles. The molecule has 0 aromatic rings. The van der Waals surface area contributed by atoms with Gasteiger partial charge in [-0.25, -0.2) is 0 Å². The van der Waals surface area contributed by atoms with Gasteiger partial charge in [-0.2, -0.15) is 0 Å². The highest BCUT2D eigenvalue weighted by molar-refractivity contribution is 4.84. The second-order valence-electron chi connectivity index (χ2n) is 5.24. The molecule has 0 aromatic heterocycles. The molecule has 0 bridgehead atoms. The summed E-state index contributed by atoms with van der Waals surface area (Å²) in [7, 11) is 0. The molecule has 0 aliphatic heterocycles. The molecule has 1 aliphatic carbocycles. The maximum absolute atomic E-state index is 5.82. The fourth-order valence-corrected chi connectivity index (χ4v) is 1.86. The highest BCUT2D eigenvalue weighted by Crippen LogP contribution is 2.33. The Kier molecular flexibility index (Phi) is 4.39. The maximum atomic E-state index is 5.82. The molecule has 1 aliphatic rings. The molecule has 0 heterocycles. The number of hydrogen-bond acceptors (Lipinski definition) is 2. The maximum Gasteiger partial charge on any atom is 0.0275 e. The molecule has 1 fully saturated rings. The van der Waals surface area contributed by atoms with Gasteiger partial charge >= 0.3 is 0 Å². The van der Waals surface area contributed by atoms with Crippen molar-refractivity contribution in [1.29, 1.82) is 0 Å². The molecule has 14 heavy (non-hydrogen) atoms. The minimum atomic E-state index is 0.185. The Balaban J connectivity index is 2.35. The van der Waals surface area contributed by atoms with E-state index in [-0.39, 0.29) is 5.54 Å². The van der Waals surface area contributed by atoms with E-state index >= 15 is 0 Å². The van der Waals surface area contributed by atoms with Crippen LogP contribution in [0, 0.1) is 5.92 Å². The summed E-state index contributed by atoms with van der Waals surface area (Å²) < 4.78 is 0. The lowest BCUT2D eigenvalue weighted by Gasteiger charge is -2.37. The molecule has 2 heteroatoms. The quantitative estimate of drug-likeness (QED) is 0.680. The van der Waals surface area contributed by atoms with Gasteiger partial charge in [-0.1, -0.05) is 19.8 Å². The second kappa shape index (κ2) is 5.13. The lowest BCUT2D eigenvalue weighted by molar-refractivity contribution is 0.123. The van der Waals surface area contributed by atoms with Gasteiger partial charge in [0.15, 0.2) is 0 Å². The zero-order chi connectivity index (χ0) is 10.6. The molecular formula is C12H26N2. The van der Waals surface area contributed by atoms with Gasteiger partial charge in [-0.15, -0.1) is 0 Å². The van der Waals surface area contributed by atoms with Gasteiger partial charge in [0.1, 0.15) is 0 Å². The predicted molar refractivity (Wildman–Crippen MR) is 62.3 cm³/mol. The molecule has 0 atom stereocenters. The van der Waals surface area contributed by atoms with Crippen LogP contribution in [0.2, 0.25) is 0 Å². The molecule has 0 unspecified atom stereocenters. The number of hydrogen-bond donors (Lipinski definition) is 1. The minimum absolute atomic E-state index is 0.185. The summed E-state index contributed by atoms with van der Waals surface area (Å²) in [6.45, 7) is 9.96. The first-order chi connectivity index (χ1) is 6.60. The van der Waals surface area contributed by atoms with E-state index in [1.165, 1.54) is 38.8 Å². The van der Waals surface area contributed by atoms with Gasteiger partial charge in [0.2, 0.25) is 0 Å². The normalized spacial score (nSPS) is 17.8. The summed E-state index contributed by atoms with van der Waals surface area (Å²) in [6, 6.07) is 0. The van der Waals surface area contributed by atoms with Crippen LogP contribution in [0.4, 0.5) is 0 Å². The Bertz CT molecular complexity index is 162. The molecule has 84 valence electrons. The first-order valence-corrected chi connectivity index (χ1v) is 6.05. The Morgan fingerprint density at radius 2 is 1.93 bits per heavy atom. The molecule has 0 spiro atoms. The van der Waals surface area contributed by atoms with Gasteiger partial charge in [0, 0.05) is 12.1 Å². The largest absolute Gasteiger partial charge is 0.329 e. The average molecular weight is 198 g/mol. The Labute approximate surface area is 88.8 Å². The highest BCUT2D eigenvalue weighted by atomic mass is 15.2. The standard InChI is InChI=1S/C12H26N2/c1-4-8-14(12(2,3)10-13)9-7-11-5-6-11/h11H,4-10,13H2,1-3H3. The van der Waals surface area contributed by atoms with E-state index in [9.17, 15) is 0 Å². The van der Waals surface area contributed by atoms with E-state index < -0.39 is 0 Å². The second-order valence-corrected chi connectivity index (χ2v) is 5.24. The monoisotopic (exact) mass is 198 g/mol. The molecule has 1 saturated carbocycles. The predicted octanol–water partition coefficient (Wildman–Crippen LogP) is 2.24. The molecule has 2 N–H and O–H groups in total. The zero-order valence-electron chi connectivity index (χ0n) is 10.1. The average Bonchev–Trinajstić information content (AvgIpc) is 2.95. The van der Waals surface area contributed by atoms with E-state index in [0.717, 1.165) is 12.5 Å². The Morgan fingerprint density at radius 3 is 2.36 bits per heavy atom. The molecule has 1 rings (SSSR count). The summed E-state index contributed by atoms with van der Waals surface area (Å²) in [5, 5.41) is 0. The van der Waals surface area contributed by atoms with E-state index in [4.69, 9.17) is 5.73 Å². The van der Waals surface area contributed by atoms with Crippen LogP contribution in [0.25, 0.3) is 0 Å². The van der Waals surface area contributed by atoms with Crippen LogP contribution < -0.4 is 5.73 Å². The SMILES string of the molecule is CCCN(CCC1CC1)C(C)(C)CN. The van der Waals surface area contributed by atoms with Crippen molar-refractivity contribution in [2.45, 2.75) is 52.0 Å². The first kappa shape index (κ1) is 12.0. The van der Waals surface area contributed by atoms with Crippen LogP contribution in [0.3, 0.4) is 0 Å². The summed E-state index contributed by atoms with van der Waals surface area (Å²) in [4.78, 5) is 2.56. The molecule has 0 amide bonds. The van der Waals surface area contributed by atoms with Crippen molar-refractivity contribution in [3.63, 3.8) is 0 Å². The first-order valence-electron chi connectivity index (χ1n) is 6.05. The van der Waals surface area contributed by atoms with Gasteiger partial charge in [0.05, 0.1) is 0 Å². The molecular weight excluding hydrogens is 172 g/mol. The summed E-state index contributed by atoms with van der Waals surface area (Å²) >= 11 is 0. The van der Waals surface area contributed by atoms with Gasteiger partial charge in [0.25, 0.3) is 0 Å². The smallest absolute Gasteiger partial charge is 0.0275 e. The molecule has 0 radical (unpaired) electrons. The topological polar surface area (TPSA) is 29.3 Å². The lowest BCUT2D eigenvalue weighted by atomic mass is 10.0. The van der Waals surface area contributed by atoms with Gasteiger partial charge < -0.3 is 5.73 Å². The summed E-state index contributed by atoms with van der Waals surface area (Å²) in [5.74, 6) is 1.03. The highest BCUT2D eigenvalue weighted by Gasteiger charge is 2.27. The van der Waals surface area contributed by atoms with Crippen LogP contribution in [0.5, 0.6) is 0 Å². The van der Waals surface area contributed by atoms with Crippen LogP contribution >= 0.6 is 0 Å². The van der Waals surface area contributed by atoms with Gasteiger partial charge in [-0.3, -0.25) is 4.90 Å². The van der Waals surface area contributed by atoms with Crippen molar-refractivity contribution < 1.29 is 0 Å². The Morgan fingerprint density at radius 1 is 1.29 bits per heavy atom. The van der Waals surface area contributed by atoms with Crippen LogP contribution in [0.15, 0.2) is 0 Å². The van der Waals surface area contributed by atoms with E-state index in [2.05, 4.69) is 25.7 Å². The van der Waals surface area contributed by atoms with Crippen molar-refractivity contribution in [2.75, 3.05) is 19.6 Å². The fourth-order valence-electron chi connectivity index (χ4n) is 1.86. The molecule has 2 nitrogen and oxygen atoms in total. The van der Waals surface area contributed by atoms with Crippen molar-refractivity contribution >= 4 is 0 Å². The van der Waals surface area contributed by atoms with Crippen LogP contribution in [-0.4, -0.2) is 30.1 Å². The van der Waals surface area contributed by atoms with E-state index in [1.54, 1.807) is 0 Å². The number of nitrogens with zero attached hydrogens (tertiary/aromatic N) is 1. The van der Waals surface area contributed by atoms with Crippen molar-refractivity contribution in [1.82, 2.24) is 4.90 Å². The van der Waals surface area contributed by atoms with Crippen LogP contribution in [0.1, 0.15) is 46.5 Å². The van der Waals surface area contributed by atoms with Crippen molar-refractivity contribution in [3.8, 4) is 0 Å². The number of rotatable bonds is 7. The Hall–Kier alpha value is -0.0800. The third kappa shape index (κ3) is 3.58. The minimum Gasteiger partial charge on any atom is -0.329 e. The third-order valence-corrected chi connectivity index (χ3v) is 3.35. The van der Waals surface area contributed by atoms with Gasteiger partial charge in [-0.05, 0) is 45.7 Å². The van der Waals surface area contributed by atoms with Crippen molar-refractivity contribution in [3.05, 3.63) is 0 Å².